The van der Waals surface area contributed by atoms with Gasteiger partial charge in [0, 0.05) is 24.4 Å². The van der Waals surface area contributed by atoms with E-state index in [9.17, 15) is 0 Å². The molecule has 2 aromatic heterocycles. The van der Waals surface area contributed by atoms with Crippen molar-refractivity contribution in [2.75, 3.05) is 11.1 Å². The number of anilines is 3. The third kappa shape index (κ3) is 2.42. The molecule has 0 bridgehead atoms. The number of nitrogen functional groups attached to an aromatic ring is 1. The van der Waals surface area contributed by atoms with Gasteiger partial charge in [0.05, 0.1) is 0 Å². The van der Waals surface area contributed by atoms with E-state index in [-0.39, 0.29) is 0 Å². The van der Waals surface area contributed by atoms with Crippen LogP contribution in [-0.4, -0.2) is 19.7 Å². The summed E-state index contributed by atoms with van der Waals surface area (Å²) in [6.45, 7) is 4.10. The Bertz CT molecular complexity index is 526. The molecule has 0 aliphatic rings. The summed E-state index contributed by atoms with van der Waals surface area (Å²) in [4.78, 5) is 8.26. The lowest BCUT2D eigenvalue weighted by atomic mass is 10.1. The van der Waals surface area contributed by atoms with Gasteiger partial charge in [0.25, 0.3) is 0 Å². The van der Waals surface area contributed by atoms with Gasteiger partial charge in [-0.3, -0.25) is 4.68 Å². The summed E-state index contributed by atoms with van der Waals surface area (Å²) in [5, 5.41) is 7.54. The van der Waals surface area contributed by atoms with Gasteiger partial charge in [-0.25, -0.2) is 9.97 Å². The molecule has 0 aliphatic carbocycles. The largest absolute Gasteiger partial charge is 0.383 e. The van der Waals surface area contributed by atoms with E-state index in [1.807, 2.05) is 24.7 Å². The minimum Gasteiger partial charge on any atom is -0.383 e. The molecular formula is C12H18N6. The molecule has 0 aromatic carbocycles. The smallest absolute Gasteiger partial charge is 0.153 e. The van der Waals surface area contributed by atoms with Crippen molar-refractivity contribution in [2.24, 2.45) is 7.05 Å². The highest BCUT2D eigenvalue weighted by Gasteiger charge is 2.10. The Balaban J connectivity index is 2.30. The molecule has 96 valence electrons. The Hall–Kier alpha value is -2.11. The maximum Gasteiger partial charge on any atom is 0.153 e. The quantitative estimate of drug-likeness (QED) is 0.859. The molecule has 0 saturated carbocycles. The lowest BCUT2D eigenvalue weighted by molar-refractivity contribution is 0.743. The second-order valence-corrected chi connectivity index (χ2v) is 4.26. The number of nitrogens with one attached hydrogen (secondary N) is 1. The monoisotopic (exact) mass is 246 g/mol. The molecule has 6 heteroatoms. The van der Waals surface area contributed by atoms with Gasteiger partial charge in [-0.1, -0.05) is 13.3 Å². The summed E-state index contributed by atoms with van der Waals surface area (Å²) in [5.74, 6) is 2.04. The van der Waals surface area contributed by atoms with E-state index in [4.69, 9.17) is 5.73 Å². The topological polar surface area (TPSA) is 81.6 Å². The Kier molecular flexibility index (Phi) is 3.45. The average Bonchev–Trinajstić information content (AvgIpc) is 2.63. The van der Waals surface area contributed by atoms with E-state index >= 15 is 0 Å². The predicted octanol–water partition coefficient (Wildman–Crippen LogP) is 1.80. The van der Waals surface area contributed by atoms with Gasteiger partial charge < -0.3 is 11.1 Å². The fourth-order valence-corrected chi connectivity index (χ4v) is 1.77. The van der Waals surface area contributed by atoms with Crippen molar-refractivity contribution >= 4 is 17.5 Å². The molecule has 18 heavy (non-hydrogen) atoms. The number of aryl methyl sites for hydroxylation is 2. The predicted molar refractivity (Wildman–Crippen MR) is 71.7 cm³/mol. The SMILES string of the molecule is CCCc1c(N)ncnc1Nc1cc(C)n(C)n1. The zero-order chi connectivity index (χ0) is 13.1. The van der Waals surface area contributed by atoms with Crippen LogP contribution in [0.5, 0.6) is 0 Å². The van der Waals surface area contributed by atoms with Gasteiger partial charge in [-0.15, -0.1) is 0 Å². The minimum absolute atomic E-state index is 0.530. The van der Waals surface area contributed by atoms with Crippen molar-refractivity contribution < 1.29 is 0 Å². The Morgan fingerprint density at radius 3 is 2.78 bits per heavy atom. The molecule has 2 rings (SSSR count). The number of hydrogen-bond donors (Lipinski definition) is 2. The van der Waals surface area contributed by atoms with Crippen molar-refractivity contribution in [1.82, 2.24) is 19.7 Å². The summed E-state index contributed by atoms with van der Waals surface area (Å²) < 4.78 is 1.81. The Morgan fingerprint density at radius 1 is 1.39 bits per heavy atom. The summed E-state index contributed by atoms with van der Waals surface area (Å²) >= 11 is 0. The van der Waals surface area contributed by atoms with Crippen LogP contribution in [-0.2, 0) is 13.5 Å². The van der Waals surface area contributed by atoms with Crippen molar-refractivity contribution in [3.63, 3.8) is 0 Å². The second-order valence-electron chi connectivity index (χ2n) is 4.26. The number of rotatable bonds is 4. The van der Waals surface area contributed by atoms with Crippen LogP contribution in [0.4, 0.5) is 17.5 Å². The molecule has 2 heterocycles. The summed E-state index contributed by atoms with van der Waals surface area (Å²) in [5.41, 5.74) is 7.91. The fourth-order valence-electron chi connectivity index (χ4n) is 1.77. The van der Waals surface area contributed by atoms with Crippen LogP contribution in [0.15, 0.2) is 12.4 Å². The molecule has 2 aromatic rings. The first-order valence-corrected chi connectivity index (χ1v) is 5.98. The zero-order valence-corrected chi connectivity index (χ0v) is 10.9. The highest BCUT2D eigenvalue weighted by atomic mass is 15.3. The van der Waals surface area contributed by atoms with E-state index in [1.54, 1.807) is 0 Å². The van der Waals surface area contributed by atoms with Crippen LogP contribution in [0.25, 0.3) is 0 Å². The zero-order valence-electron chi connectivity index (χ0n) is 10.9. The van der Waals surface area contributed by atoms with Gasteiger partial charge in [0.1, 0.15) is 18.0 Å². The third-order valence-corrected chi connectivity index (χ3v) is 2.84. The molecule has 0 spiro atoms. The van der Waals surface area contributed by atoms with E-state index in [0.717, 1.165) is 35.7 Å². The molecule has 0 radical (unpaired) electrons. The molecule has 0 amide bonds. The van der Waals surface area contributed by atoms with Gasteiger partial charge >= 0.3 is 0 Å². The lowest BCUT2D eigenvalue weighted by Crippen LogP contribution is -2.05. The first kappa shape index (κ1) is 12.3. The van der Waals surface area contributed by atoms with Crippen molar-refractivity contribution in [1.29, 1.82) is 0 Å². The number of nitrogens with zero attached hydrogens (tertiary/aromatic N) is 4. The van der Waals surface area contributed by atoms with E-state index in [2.05, 4.69) is 27.3 Å². The van der Waals surface area contributed by atoms with E-state index in [1.165, 1.54) is 6.33 Å². The summed E-state index contributed by atoms with van der Waals surface area (Å²) in [7, 11) is 1.90. The van der Waals surface area contributed by atoms with Gasteiger partial charge in [-0.05, 0) is 13.3 Å². The minimum atomic E-state index is 0.530. The van der Waals surface area contributed by atoms with Crippen LogP contribution in [0.2, 0.25) is 0 Å². The van der Waals surface area contributed by atoms with Crippen LogP contribution in [0, 0.1) is 6.92 Å². The van der Waals surface area contributed by atoms with Crippen LogP contribution in [0.3, 0.4) is 0 Å². The van der Waals surface area contributed by atoms with Gasteiger partial charge in [0.15, 0.2) is 5.82 Å². The Labute approximate surface area is 106 Å². The fraction of sp³-hybridized carbons (Fsp3) is 0.417. The molecule has 0 unspecified atom stereocenters. The first-order valence-electron chi connectivity index (χ1n) is 5.98. The van der Waals surface area contributed by atoms with Crippen molar-refractivity contribution in [3.05, 3.63) is 23.7 Å². The first-order chi connectivity index (χ1) is 8.61. The molecule has 0 aliphatic heterocycles. The summed E-state index contributed by atoms with van der Waals surface area (Å²) in [6.07, 6.45) is 3.31. The molecule has 3 N–H and O–H groups in total. The third-order valence-electron chi connectivity index (χ3n) is 2.84. The molecular weight excluding hydrogens is 228 g/mol. The van der Waals surface area contributed by atoms with Crippen molar-refractivity contribution in [2.45, 2.75) is 26.7 Å². The molecule has 0 fully saturated rings. The summed E-state index contributed by atoms with van der Waals surface area (Å²) in [6, 6.07) is 1.97. The average molecular weight is 246 g/mol. The van der Waals surface area contributed by atoms with E-state index < -0.39 is 0 Å². The number of aromatic nitrogens is 4. The Morgan fingerprint density at radius 2 is 2.17 bits per heavy atom. The second kappa shape index (κ2) is 5.03. The van der Waals surface area contributed by atoms with Crippen LogP contribution < -0.4 is 11.1 Å². The number of nitrogens with two attached hydrogens (primary N) is 1. The lowest BCUT2D eigenvalue weighted by Gasteiger charge is -2.09. The maximum absolute atomic E-state index is 5.88. The highest BCUT2D eigenvalue weighted by Crippen LogP contribution is 2.22. The standard InChI is InChI=1S/C12H18N6/c1-4-5-9-11(13)14-7-15-12(9)16-10-6-8(2)18(3)17-10/h6-7H,4-5H2,1-3H3,(H3,13,14,15,16,17). The molecule has 0 atom stereocenters. The van der Waals surface area contributed by atoms with Crippen LogP contribution >= 0.6 is 0 Å². The van der Waals surface area contributed by atoms with E-state index in [0.29, 0.717) is 5.82 Å². The van der Waals surface area contributed by atoms with Crippen LogP contribution in [0.1, 0.15) is 24.6 Å². The van der Waals surface area contributed by atoms with Crippen molar-refractivity contribution in [3.8, 4) is 0 Å². The maximum atomic E-state index is 5.88. The highest BCUT2D eigenvalue weighted by molar-refractivity contribution is 5.61. The van der Waals surface area contributed by atoms with Gasteiger partial charge in [0.2, 0.25) is 0 Å². The number of hydrogen-bond acceptors (Lipinski definition) is 5. The van der Waals surface area contributed by atoms with Gasteiger partial charge in [-0.2, -0.15) is 5.10 Å². The molecule has 6 nitrogen and oxygen atoms in total. The molecule has 0 saturated heterocycles. The normalized spacial score (nSPS) is 10.6.